The van der Waals surface area contributed by atoms with Crippen molar-refractivity contribution in [3.63, 3.8) is 0 Å². The van der Waals surface area contributed by atoms with Crippen LogP contribution in [0.3, 0.4) is 0 Å². The van der Waals surface area contributed by atoms with Gasteiger partial charge in [0.1, 0.15) is 0 Å². The highest BCUT2D eigenvalue weighted by atomic mass is 32.2. The second kappa shape index (κ2) is 10.7. The summed E-state index contributed by atoms with van der Waals surface area (Å²) in [7, 11) is 1.41. The molecule has 168 valence electrons. The molecule has 0 saturated carbocycles. The molecule has 0 bridgehead atoms. The maximum atomic E-state index is 12.7. The number of methoxy groups -OCH3 is 1. The molecule has 1 saturated heterocycles. The molecule has 0 aliphatic carbocycles. The molecule has 2 aromatic rings. The Morgan fingerprint density at radius 2 is 1.88 bits per heavy atom. The predicted octanol–water partition coefficient (Wildman–Crippen LogP) is 2.85. The summed E-state index contributed by atoms with van der Waals surface area (Å²) in [5.74, 6) is 1.88. The zero-order chi connectivity index (χ0) is 22.3. The molecule has 7 nitrogen and oxygen atoms in total. The van der Waals surface area contributed by atoms with Crippen LogP contribution in [0.2, 0.25) is 0 Å². The van der Waals surface area contributed by atoms with Crippen molar-refractivity contribution in [2.24, 2.45) is 5.10 Å². The van der Waals surface area contributed by atoms with Crippen molar-refractivity contribution < 1.29 is 14.3 Å². The van der Waals surface area contributed by atoms with Crippen LogP contribution < -0.4 is 5.32 Å². The van der Waals surface area contributed by atoms with Gasteiger partial charge < -0.3 is 10.1 Å². The number of hydrogen-bond donors (Lipinski definition) is 1. The van der Waals surface area contributed by atoms with Gasteiger partial charge in [0.05, 0.1) is 19.9 Å². The van der Waals surface area contributed by atoms with Gasteiger partial charge in [-0.3, -0.25) is 19.5 Å². The van der Waals surface area contributed by atoms with E-state index in [4.69, 9.17) is 4.74 Å². The van der Waals surface area contributed by atoms with Crippen LogP contribution in [0.4, 0.5) is 5.69 Å². The molecule has 2 heterocycles. The number of nitrogens with zero attached hydrogens (tertiary/aromatic N) is 3. The Bertz CT molecular complexity index is 987. The molecular weight excluding hydrogens is 424 g/mol. The molecule has 4 rings (SSSR count). The van der Waals surface area contributed by atoms with E-state index in [1.807, 2.05) is 60.4 Å². The Hall–Kier alpha value is -2.84. The van der Waals surface area contributed by atoms with Gasteiger partial charge in [0.2, 0.25) is 0 Å². The number of rotatable bonds is 6. The number of hydrogen-bond acceptors (Lipinski definition) is 7. The van der Waals surface area contributed by atoms with Gasteiger partial charge in [0, 0.05) is 48.9 Å². The highest BCUT2D eigenvalue weighted by Crippen LogP contribution is 2.23. The minimum absolute atomic E-state index is 0.135. The average molecular weight is 453 g/mol. The lowest BCUT2D eigenvalue weighted by Gasteiger charge is -2.28. The monoisotopic (exact) mass is 452 g/mol. The van der Waals surface area contributed by atoms with Crippen molar-refractivity contribution in [2.45, 2.75) is 13.0 Å². The number of ether oxygens (including phenoxy) is 1. The summed E-state index contributed by atoms with van der Waals surface area (Å²) in [6.45, 7) is 3.75. The van der Waals surface area contributed by atoms with Crippen LogP contribution in [0.15, 0.2) is 47.6 Å². The van der Waals surface area contributed by atoms with Crippen molar-refractivity contribution >= 4 is 35.5 Å². The van der Waals surface area contributed by atoms with Crippen molar-refractivity contribution in [3.8, 4) is 0 Å². The maximum absolute atomic E-state index is 12.7. The van der Waals surface area contributed by atoms with E-state index in [0.717, 1.165) is 48.8 Å². The summed E-state index contributed by atoms with van der Waals surface area (Å²) >= 11 is 1.96. The third-order valence-electron chi connectivity index (χ3n) is 5.67. The highest BCUT2D eigenvalue weighted by molar-refractivity contribution is 7.99. The molecule has 8 heteroatoms. The number of carbonyl (C=O) groups is 2. The largest absolute Gasteiger partial charge is 0.468 e. The van der Waals surface area contributed by atoms with E-state index < -0.39 is 0 Å². The molecule has 1 amide bonds. The molecular formula is C24H28N4O3S. The van der Waals surface area contributed by atoms with Crippen LogP contribution >= 0.6 is 11.8 Å². The maximum Gasteiger partial charge on any atom is 0.319 e. The molecule has 0 atom stereocenters. The second-order valence-corrected chi connectivity index (χ2v) is 9.13. The first-order chi connectivity index (χ1) is 15.6. The fourth-order valence-corrected chi connectivity index (χ4v) is 4.70. The van der Waals surface area contributed by atoms with E-state index in [-0.39, 0.29) is 11.9 Å². The van der Waals surface area contributed by atoms with E-state index in [2.05, 4.69) is 20.3 Å². The highest BCUT2D eigenvalue weighted by Gasteiger charge is 2.19. The van der Waals surface area contributed by atoms with Crippen LogP contribution in [0, 0.1) is 0 Å². The van der Waals surface area contributed by atoms with E-state index in [1.54, 1.807) is 0 Å². The van der Waals surface area contributed by atoms with Crippen LogP contribution in [0.1, 0.15) is 27.0 Å². The van der Waals surface area contributed by atoms with Gasteiger partial charge in [-0.2, -0.15) is 16.9 Å². The normalized spacial score (nSPS) is 16.6. The summed E-state index contributed by atoms with van der Waals surface area (Å²) in [5, 5.41) is 9.61. The third-order valence-corrected chi connectivity index (χ3v) is 6.61. The Morgan fingerprint density at radius 1 is 1.09 bits per heavy atom. The number of esters is 1. The first-order valence-corrected chi connectivity index (χ1v) is 12.0. The molecule has 1 fully saturated rings. The summed E-state index contributed by atoms with van der Waals surface area (Å²) in [6.07, 6.45) is 2.68. The lowest BCUT2D eigenvalue weighted by Crippen LogP contribution is -2.35. The van der Waals surface area contributed by atoms with Crippen molar-refractivity contribution in [1.82, 2.24) is 9.91 Å². The SMILES string of the molecule is COC(=O)CN1CCc2cc(NC(=O)c3ccc(/C=N/N4CCSCC4)cc3)ccc2C1. The quantitative estimate of drug-likeness (QED) is 0.537. The van der Waals surface area contributed by atoms with Crippen molar-refractivity contribution in [2.75, 3.05) is 50.1 Å². The fourth-order valence-electron chi connectivity index (χ4n) is 3.81. The minimum atomic E-state index is -0.222. The molecule has 2 aliphatic rings. The van der Waals surface area contributed by atoms with Gasteiger partial charge >= 0.3 is 5.97 Å². The third kappa shape index (κ3) is 5.89. The van der Waals surface area contributed by atoms with Crippen LogP contribution in [-0.4, -0.2) is 72.8 Å². The van der Waals surface area contributed by atoms with E-state index >= 15 is 0 Å². The number of thioether (sulfide) groups is 1. The van der Waals surface area contributed by atoms with Gasteiger partial charge in [-0.1, -0.05) is 18.2 Å². The number of benzene rings is 2. The molecule has 0 spiro atoms. The van der Waals surface area contributed by atoms with Gasteiger partial charge in [-0.05, 0) is 47.4 Å². The smallest absolute Gasteiger partial charge is 0.319 e. The number of carbonyl (C=O) groups excluding carboxylic acids is 2. The molecule has 2 aliphatic heterocycles. The lowest BCUT2D eigenvalue weighted by molar-refractivity contribution is -0.142. The fraction of sp³-hybridized carbons (Fsp3) is 0.375. The molecule has 0 unspecified atom stereocenters. The van der Waals surface area contributed by atoms with E-state index in [1.165, 1.54) is 18.2 Å². The zero-order valence-corrected chi connectivity index (χ0v) is 19.1. The number of anilines is 1. The van der Waals surface area contributed by atoms with E-state index in [9.17, 15) is 9.59 Å². The minimum Gasteiger partial charge on any atom is -0.468 e. The summed E-state index contributed by atoms with van der Waals surface area (Å²) < 4.78 is 4.76. The van der Waals surface area contributed by atoms with Crippen LogP contribution in [-0.2, 0) is 22.5 Å². The molecule has 0 radical (unpaired) electrons. The summed E-state index contributed by atoms with van der Waals surface area (Å²) in [5.41, 5.74) is 4.74. The lowest BCUT2D eigenvalue weighted by atomic mass is 9.99. The number of fused-ring (bicyclic) bond motifs is 1. The molecule has 2 aromatic carbocycles. The van der Waals surface area contributed by atoms with E-state index in [0.29, 0.717) is 18.7 Å². The summed E-state index contributed by atoms with van der Waals surface area (Å²) in [4.78, 5) is 26.3. The second-order valence-electron chi connectivity index (χ2n) is 7.91. The number of hydrazone groups is 1. The van der Waals surface area contributed by atoms with Crippen molar-refractivity contribution in [3.05, 3.63) is 64.7 Å². The first kappa shape index (κ1) is 22.4. The van der Waals surface area contributed by atoms with Crippen molar-refractivity contribution in [1.29, 1.82) is 0 Å². The summed E-state index contributed by atoms with van der Waals surface area (Å²) in [6, 6.07) is 13.4. The standard InChI is InChI=1S/C24H28N4O3S/c1-31-23(29)17-27-9-8-20-14-22(7-6-21(20)16-27)26-24(30)19-4-2-18(3-5-19)15-25-28-10-12-32-13-11-28/h2-7,14-15H,8-13,16-17H2,1H3,(H,26,30)/b25-15+. The Morgan fingerprint density at radius 3 is 2.62 bits per heavy atom. The number of nitrogens with one attached hydrogen (secondary N) is 1. The molecule has 1 N–H and O–H groups in total. The average Bonchev–Trinajstić information content (AvgIpc) is 2.83. The van der Waals surface area contributed by atoms with Gasteiger partial charge in [0.25, 0.3) is 5.91 Å². The Balaban J connectivity index is 1.34. The topological polar surface area (TPSA) is 74.2 Å². The molecule has 0 aromatic heterocycles. The Labute approximate surface area is 192 Å². The van der Waals surface area contributed by atoms with Gasteiger partial charge in [-0.15, -0.1) is 0 Å². The predicted molar refractivity (Wildman–Crippen MR) is 128 cm³/mol. The number of amides is 1. The van der Waals surface area contributed by atoms with Crippen LogP contribution in [0.25, 0.3) is 0 Å². The zero-order valence-electron chi connectivity index (χ0n) is 18.3. The molecule has 32 heavy (non-hydrogen) atoms. The van der Waals surface area contributed by atoms with Gasteiger partial charge in [0.15, 0.2) is 0 Å². The van der Waals surface area contributed by atoms with Crippen LogP contribution in [0.5, 0.6) is 0 Å². The van der Waals surface area contributed by atoms with Gasteiger partial charge in [-0.25, -0.2) is 0 Å². The Kier molecular flexibility index (Phi) is 7.44. The first-order valence-electron chi connectivity index (χ1n) is 10.8.